The van der Waals surface area contributed by atoms with E-state index in [-0.39, 0.29) is 5.97 Å². The van der Waals surface area contributed by atoms with Crippen molar-refractivity contribution >= 4 is 22.4 Å². The van der Waals surface area contributed by atoms with Gasteiger partial charge in [-0.05, 0) is 31.6 Å². The lowest BCUT2D eigenvalue weighted by atomic mass is 9.87. The van der Waals surface area contributed by atoms with Gasteiger partial charge in [0.2, 0.25) is 0 Å². The molecule has 0 radical (unpaired) electrons. The Bertz CT molecular complexity index is 411. The SMILES string of the molecule is COC(=O)CCc1csc(NC2CCC(C)CC2)n1. The fourth-order valence-corrected chi connectivity index (χ4v) is 3.22. The maximum Gasteiger partial charge on any atom is 0.305 e. The molecule has 0 aromatic carbocycles. The van der Waals surface area contributed by atoms with Gasteiger partial charge in [0.05, 0.1) is 19.2 Å². The first kappa shape index (κ1) is 14.3. The van der Waals surface area contributed by atoms with Gasteiger partial charge in [0.15, 0.2) is 5.13 Å². The highest BCUT2D eigenvalue weighted by Crippen LogP contribution is 2.27. The zero-order valence-corrected chi connectivity index (χ0v) is 12.5. The Hall–Kier alpha value is -1.10. The van der Waals surface area contributed by atoms with Crippen molar-refractivity contribution in [2.75, 3.05) is 12.4 Å². The smallest absolute Gasteiger partial charge is 0.305 e. The van der Waals surface area contributed by atoms with Gasteiger partial charge in [-0.25, -0.2) is 4.98 Å². The summed E-state index contributed by atoms with van der Waals surface area (Å²) in [5.41, 5.74) is 0.974. The van der Waals surface area contributed by atoms with Crippen molar-refractivity contribution in [2.24, 2.45) is 5.92 Å². The third-order valence-electron chi connectivity index (χ3n) is 3.71. The summed E-state index contributed by atoms with van der Waals surface area (Å²) in [6.07, 6.45) is 6.14. The number of methoxy groups -OCH3 is 1. The highest BCUT2D eigenvalue weighted by molar-refractivity contribution is 7.13. The van der Waals surface area contributed by atoms with E-state index in [2.05, 4.69) is 22.0 Å². The van der Waals surface area contributed by atoms with Crippen LogP contribution in [-0.4, -0.2) is 24.1 Å². The van der Waals surface area contributed by atoms with E-state index in [0.29, 0.717) is 18.9 Å². The molecule has 0 atom stereocenters. The number of anilines is 1. The molecule has 0 aliphatic heterocycles. The Morgan fingerprint density at radius 1 is 1.47 bits per heavy atom. The molecule has 1 heterocycles. The zero-order chi connectivity index (χ0) is 13.7. The highest BCUT2D eigenvalue weighted by Gasteiger charge is 2.18. The minimum atomic E-state index is -0.177. The first-order valence-corrected chi connectivity index (χ1v) is 7.83. The van der Waals surface area contributed by atoms with Crippen LogP contribution in [0.4, 0.5) is 5.13 Å². The van der Waals surface area contributed by atoms with Gasteiger partial charge in [-0.15, -0.1) is 11.3 Å². The summed E-state index contributed by atoms with van der Waals surface area (Å²) in [7, 11) is 1.42. The summed E-state index contributed by atoms with van der Waals surface area (Å²) in [5, 5.41) is 6.52. The van der Waals surface area contributed by atoms with Crippen molar-refractivity contribution in [3.63, 3.8) is 0 Å². The number of thiazole rings is 1. The number of esters is 1. The minimum absolute atomic E-state index is 0.177. The van der Waals surface area contributed by atoms with E-state index >= 15 is 0 Å². The van der Waals surface area contributed by atoms with Gasteiger partial charge in [0.25, 0.3) is 0 Å². The topological polar surface area (TPSA) is 51.2 Å². The van der Waals surface area contributed by atoms with Crippen LogP contribution < -0.4 is 5.32 Å². The molecule has 0 spiro atoms. The third-order valence-corrected chi connectivity index (χ3v) is 4.53. The molecule has 5 heteroatoms. The van der Waals surface area contributed by atoms with Crippen LogP contribution in [0.3, 0.4) is 0 Å². The average molecular weight is 282 g/mol. The second-order valence-electron chi connectivity index (χ2n) is 5.32. The summed E-state index contributed by atoms with van der Waals surface area (Å²) in [6.45, 7) is 2.32. The van der Waals surface area contributed by atoms with E-state index in [0.717, 1.165) is 16.7 Å². The third kappa shape index (κ3) is 4.49. The molecule has 1 N–H and O–H groups in total. The molecule has 0 saturated heterocycles. The van der Waals surface area contributed by atoms with Crippen LogP contribution in [0.5, 0.6) is 0 Å². The average Bonchev–Trinajstić information content (AvgIpc) is 2.86. The number of carbonyl (C=O) groups excluding carboxylic acids is 1. The molecular formula is C14H22N2O2S. The van der Waals surface area contributed by atoms with Crippen LogP contribution >= 0.6 is 11.3 Å². The lowest BCUT2D eigenvalue weighted by Crippen LogP contribution is -2.25. The number of nitrogens with zero attached hydrogens (tertiary/aromatic N) is 1. The summed E-state index contributed by atoms with van der Waals surface area (Å²) in [4.78, 5) is 15.6. The first-order valence-electron chi connectivity index (χ1n) is 6.95. The Labute approximate surface area is 118 Å². The molecular weight excluding hydrogens is 260 g/mol. The number of ether oxygens (including phenoxy) is 1. The van der Waals surface area contributed by atoms with Crippen molar-refractivity contribution in [3.8, 4) is 0 Å². The van der Waals surface area contributed by atoms with Crippen molar-refractivity contribution in [1.29, 1.82) is 0 Å². The van der Waals surface area contributed by atoms with Gasteiger partial charge in [-0.3, -0.25) is 4.79 Å². The molecule has 0 unspecified atom stereocenters. The number of hydrogen-bond donors (Lipinski definition) is 1. The second-order valence-corrected chi connectivity index (χ2v) is 6.18. The van der Waals surface area contributed by atoms with E-state index in [1.54, 1.807) is 11.3 Å². The van der Waals surface area contributed by atoms with E-state index in [9.17, 15) is 4.79 Å². The number of rotatable bonds is 5. The van der Waals surface area contributed by atoms with Gasteiger partial charge in [-0.1, -0.05) is 6.92 Å². The van der Waals surface area contributed by atoms with Crippen molar-refractivity contribution in [3.05, 3.63) is 11.1 Å². The van der Waals surface area contributed by atoms with E-state index in [1.165, 1.54) is 32.8 Å². The van der Waals surface area contributed by atoms with E-state index in [1.807, 2.05) is 5.38 Å². The Balaban J connectivity index is 1.79. The molecule has 1 fully saturated rings. The van der Waals surface area contributed by atoms with Gasteiger partial charge in [0, 0.05) is 17.8 Å². The van der Waals surface area contributed by atoms with Crippen LogP contribution in [0.1, 0.15) is 44.7 Å². The van der Waals surface area contributed by atoms with Gasteiger partial charge in [-0.2, -0.15) is 0 Å². The highest BCUT2D eigenvalue weighted by atomic mass is 32.1. The predicted molar refractivity (Wildman–Crippen MR) is 77.5 cm³/mol. The van der Waals surface area contributed by atoms with E-state index < -0.39 is 0 Å². The molecule has 19 heavy (non-hydrogen) atoms. The second kappa shape index (κ2) is 6.89. The predicted octanol–water partition coefficient (Wildman–Crippen LogP) is 3.24. The number of hydrogen-bond acceptors (Lipinski definition) is 5. The van der Waals surface area contributed by atoms with Crippen LogP contribution in [0.15, 0.2) is 5.38 Å². The van der Waals surface area contributed by atoms with Crippen LogP contribution in [0.25, 0.3) is 0 Å². The number of aryl methyl sites for hydroxylation is 1. The fraction of sp³-hybridized carbons (Fsp3) is 0.714. The molecule has 1 aliphatic rings. The van der Waals surface area contributed by atoms with Crippen molar-refractivity contribution < 1.29 is 9.53 Å². The fourth-order valence-electron chi connectivity index (χ4n) is 2.40. The maximum absolute atomic E-state index is 11.1. The minimum Gasteiger partial charge on any atom is -0.469 e. The summed E-state index contributed by atoms with van der Waals surface area (Å²) >= 11 is 1.63. The molecule has 1 aromatic rings. The molecule has 0 amide bonds. The molecule has 4 nitrogen and oxygen atoms in total. The summed E-state index contributed by atoms with van der Waals surface area (Å²) in [5.74, 6) is 0.689. The lowest BCUT2D eigenvalue weighted by molar-refractivity contribution is -0.140. The number of carbonyl (C=O) groups is 1. The molecule has 1 aliphatic carbocycles. The van der Waals surface area contributed by atoms with Crippen molar-refractivity contribution in [2.45, 2.75) is 51.5 Å². The van der Waals surface area contributed by atoms with Crippen LogP contribution in [0.2, 0.25) is 0 Å². The quantitative estimate of drug-likeness (QED) is 0.842. The van der Waals surface area contributed by atoms with Crippen molar-refractivity contribution in [1.82, 2.24) is 4.98 Å². The Morgan fingerprint density at radius 2 is 2.21 bits per heavy atom. The monoisotopic (exact) mass is 282 g/mol. The van der Waals surface area contributed by atoms with E-state index in [4.69, 9.17) is 0 Å². The standard InChI is InChI=1S/C14H22N2O2S/c1-10-3-5-11(6-4-10)15-14-16-12(9-19-14)7-8-13(17)18-2/h9-11H,3-8H2,1-2H3,(H,15,16). The van der Waals surface area contributed by atoms with Gasteiger partial charge >= 0.3 is 5.97 Å². The number of aromatic nitrogens is 1. The zero-order valence-electron chi connectivity index (χ0n) is 11.6. The largest absolute Gasteiger partial charge is 0.469 e. The molecule has 1 saturated carbocycles. The Kier molecular flexibility index (Phi) is 5.19. The number of nitrogens with one attached hydrogen (secondary N) is 1. The lowest BCUT2D eigenvalue weighted by Gasteiger charge is -2.26. The molecule has 2 rings (SSSR count). The normalized spacial score (nSPS) is 23.1. The maximum atomic E-state index is 11.1. The summed E-state index contributed by atoms with van der Waals surface area (Å²) < 4.78 is 4.63. The van der Waals surface area contributed by atoms with Gasteiger partial charge < -0.3 is 10.1 Å². The Morgan fingerprint density at radius 3 is 2.89 bits per heavy atom. The summed E-state index contributed by atoms with van der Waals surface area (Å²) in [6, 6.07) is 0.566. The molecule has 106 valence electrons. The van der Waals surface area contributed by atoms with Gasteiger partial charge in [0.1, 0.15) is 0 Å². The van der Waals surface area contributed by atoms with Crippen LogP contribution in [-0.2, 0) is 16.0 Å². The molecule has 1 aromatic heterocycles. The molecule has 0 bridgehead atoms. The van der Waals surface area contributed by atoms with Crippen LogP contribution in [0, 0.1) is 5.92 Å². The first-order chi connectivity index (χ1) is 9.17.